The Morgan fingerprint density at radius 1 is 1.39 bits per heavy atom. The van der Waals surface area contributed by atoms with Crippen molar-refractivity contribution in [2.24, 2.45) is 5.73 Å². The van der Waals surface area contributed by atoms with Crippen molar-refractivity contribution < 1.29 is 9.53 Å². The molecule has 0 aliphatic heterocycles. The van der Waals surface area contributed by atoms with Crippen LogP contribution in [-0.4, -0.2) is 32.2 Å². The number of aryl methyl sites for hydroxylation is 1. The van der Waals surface area contributed by atoms with Crippen LogP contribution in [0.1, 0.15) is 18.9 Å². The van der Waals surface area contributed by atoms with Crippen LogP contribution in [0.2, 0.25) is 0 Å². The van der Waals surface area contributed by atoms with Gasteiger partial charge in [0.15, 0.2) is 0 Å². The van der Waals surface area contributed by atoms with E-state index in [1.807, 2.05) is 38.1 Å². The number of benzene rings is 1. The fourth-order valence-electron chi connectivity index (χ4n) is 1.80. The molecule has 4 heteroatoms. The van der Waals surface area contributed by atoms with Gasteiger partial charge < -0.3 is 15.4 Å². The number of ether oxygens (including phenoxy) is 1. The van der Waals surface area contributed by atoms with Gasteiger partial charge in [-0.3, -0.25) is 4.79 Å². The first kappa shape index (κ1) is 14.7. The van der Waals surface area contributed by atoms with Crippen molar-refractivity contribution in [3.8, 4) is 0 Å². The van der Waals surface area contributed by atoms with Crippen LogP contribution in [0.3, 0.4) is 0 Å². The van der Waals surface area contributed by atoms with Gasteiger partial charge in [0, 0.05) is 25.9 Å². The second-order valence-electron chi connectivity index (χ2n) is 4.27. The van der Waals surface area contributed by atoms with Crippen LogP contribution >= 0.6 is 0 Å². The summed E-state index contributed by atoms with van der Waals surface area (Å²) < 4.78 is 5.15. The van der Waals surface area contributed by atoms with E-state index in [0.717, 1.165) is 5.69 Å². The molecule has 0 aliphatic rings. The predicted molar refractivity (Wildman–Crippen MR) is 73.7 cm³/mol. The van der Waals surface area contributed by atoms with Crippen LogP contribution in [0.25, 0.3) is 0 Å². The molecule has 1 amide bonds. The van der Waals surface area contributed by atoms with Crippen LogP contribution in [0.4, 0.5) is 5.69 Å². The third-order valence-electron chi connectivity index (χ3n) is 2.96. The lowest BCUT2D eigenvalue weighted by Crippen LogP contribution is -2.36. The first-order valence-corrected chi connectivity index (χ1v) is 6.22. The van der Waals surface area contributed by atoms with Gasteiger partial charge >= 0.3 is 0 Å². The molecule has 1 aromatic rings. The van der Waals surface area contributed by atoms with E-state index < -0.39 is 0 Å². The van der Waals surface area contributed by atoms with Crippen molar-refractivity contribution in [3.63, 3.8) is 0 Å². The van der Waals surface area contributed by atoms with E-state index in [0.29, 0.717) is 19.5 Å². The molecule has 2 N–H and O–H groups in total. The SMILES string of the molecule is CCN(C(=O)CC(CN)OC)c1ccc(C)cc1. The van der Waals surface area contributed by atoms with E-state index in [2.05, 4.69) is 0 Å². The Kier molecular flexibility index (Phi) is 5.82. The lowest BCUT2D eigenvalue weighted by Gasteiger charge is -2.23. The molecule has 0 bridgehead atoms. The fourth-order valence-corrected chi connectivity index (χ4v) is 1.80. The standard InChI is InChI=1S/C14H22N2O2/c1-4-16(12-7-5-11(2)6-8-12)14(17)9-13(10-15)18-3/h5-8,13H,4,9-10,15H2,1-3H3. The molecule has 0 heterocycles. The van der Waals surface area contributed by atoms with Crippen LogP contribution in [0.5, 0.6) is 0 Å². The van der Waals surface area contributed by atoms with Crippen molar-refractivity contribution in [3.05, 3.63) is 29.8 Å². The van der Waals surface area contributed by atoms with Gasteiger partial charge in [0.25, 0.3) is 0 Å². The zero-order valence-corrected chi connectivity index (χ0v) is 11.3. The van der Waals surface area contributed by atoms with Gasteiger partial charge in [-0.05, 0) is 26.0 Å². The van der Waals surface area contributed by atoms with E-state index in [1.54, 1.807) is 12.0 Å². The predicted octanol–water partition coefficient (Wildman–Crippen LogP) is 1.71. The Labute approximate surface area is 109 Å². The number of nitrogens with two attached hydrogens (primary N) is 1. The minimum atomic E-state index is -0.211. The maximum absolute atomic E-state index is 12.2. The summed E-state index contributed by atoms with van der Waals surface area (Å²) in [6.45, 7) is 4.98. The summed E-state index contributed by atoms with van der Waals surface area (Å²) in [7, 11) is 1.58. The fraction of sp³-hybridized carbons (Fsp3) is 0.500. The van der Waals surface area contributed by atoms with Crippen LogP contribution in [0, 0.1) is 6.92 Å². The largest absolute Gasteiger partial charge is 0.380 e. The van der Waals surface area contributed by atoms with Crippen LogP contribution in [-0.2, 0) is 9.53 Å². The lowest BCUT2D eigenvalue weighted by molar-refractivity contribution is -0.120. The van der Waals surface area contributed by atoms with Crippen molar-refractivity contribution in [2.75, 3.05) is 25.1 Å². The van der Waals surface area contributed by atoms with Crippen LogP contribution < -0.4 is 10.6 Å². The molecule has 0 aliphatic carbocycles. The van der Waals surface area contributed by atoms with E-state index in [9.17, 15) is 4.79 Å². The monoisotopic (exact) mass is 250 g/mol. The van der Waals surface area contributed by atoms with Gasteiger partial charge in [-0.25, -0.2) is 0 Å². The molecule has 0 saturated heterocycles. The minimum Gasteiger partial charge on any atom is -0.380 e. The molecule has 0 spiro atoms. The summed E-state index contributed by atoms with van der Waals surface area (Å²) in [5, 5.41) is 0. The molecule has 0 saturated carbocycles. The summed E-state index contributed by atoms with van der Waals surface area (Å²) in [4.78, 5) is 13.9. The number of nitrogens with zero attached hydrogens (tertiary/aromatic N) is 1. The van der Waals surface area contributed by atoms with Crippen molar-refractivity contribution >= 4 is 11.6 Å². The highest BCUT2D eigenvalue weighted by molar-refractivity contribution is 5.93. The number of amides is 1. The third-order valence-corrected chi connectivity index (χ3v) is 2.96. The summed E-state index contributed by atoms with van der Waals surface area (Å²) in [6.07, 6.45) is 0.103. The van der Waals surface area contributed by atoms with Gasteiger partial charge in [-0.1, -0.05) is 17.7 Å². The average molecular weight is 250 g/mol. The molecular weight excluding hydrogens is 228 g/mol. The van der Waals surface area contributed by atoms with Crippen molar-refractivity contribution in [1.29, 1.82) is 0 Å². The minimum absolute atomic E-state index is 0.0404. The number of methoxy groups -OCH3 is 1. The number of rotatable bonds is 6. The molecular formula is C14H22N2O2. The average Bonchev–Trinajstić information content (AvgIpc) is 2.39. The van der Waals surface area contributed by atoms with Crippen molar-refractivity contribution in [1.82, 2.24) is 0 Å². The number of hydrogen-bond acceptors (Lipinski definition) is 3. The molecule has 100 valence electrons. The number of carbonyl (C=O) groups is 1. The third kappa shape index (κ3) is 3.82. The molecule has 0 aromatic heterocycles. The molecule has 0 fully saturated rings. The van der Waals surface area contributed by atoms with Crippen molar-refractivity contribution in [2.45, 2.75) is 26.4 Å². The lowest BCUT2D eigenvalue weighted by atomic mass is 10.2. The topological polar surface area (TPSA) is 55.6 Å². The van der Waals surface area contributed by atoms with E-state index in [-0.39, 0.29) is 12.0 Å². The number of carbonyl (C=O) groups excluding carboxylic acids is 1. The van der Waals surface area contributed by atoms with Gasteiger partial charge in [0.05, 0.1) is 12.5 Å². The quantitative estimate of drug-likeness (QED) is 0.836. The first-order valence-electron chi connectivity index (χ1n) is 6.22. The Morgan fingerprint density at radius 2 is 2.00 bits per heavy atom. The Hall–Kier alpha value is -1.39. The van der Waals surface area contributed by atoms with E-state index in [4.69, 9.17) is 10.5 Å². The van der Waals surface area contributed by atoms with E-state index in [1.165, 1.54) is 5.56 Å². The maximum atomic E-state index is 12.2. The highest BCUT2D eigenvalue weighted by Gasteiger charge is 2.18. The smallest absolute Gasteiger partial charge is 0.229 e. The van der Waals surface area contributed by atoms with Crippen LogP contribution in [0.15, 0.2) is 24.3 Å². The molecule has 4 nitrogen and oxygen atoms in total. The molecule has 1 unspecified atom stereocenters. The first-order chi connectivity index (χ1) is 8.62. The highest BCUT2D eigenvalue weighted by Crippen LogP contribution is 2.16. The maximum Gasteiger partial charge on any atom is 0.229 e. The number of anilines is 1. The molecule has 1 atom stereocenters. The van der Waals surface area contributed by atoms with Gasteiger partial charge in [-0.15, -0.1) is 0 Å². The van der Waals surface area contributed by atoms with Gasteiger partial charge in [0.2, 0.25) is 5.91 Å². The Bertz CT molecular complexity index is 372. The molecule has 0 radical (unpaired) electrons. The molecule has 18 heavy (non-hydrogen) atoms. The molecule has 1 rings (SSSR count). The van der Waals surface area contributed by atoms with Gasteiger partial charge in [0.1, 0.15) is 0 Å². The summed E-state index contributed by atoms with van der Waals surface area (Å²) in [5.41, 5.74) is 7.63. The second kappa shape index (κ2) is 7.13. The highest BCUT2D eigenvalue weighted by atomic mass is 16.5. The summed E-state index contributed by atoms with van der Waals surface area (Å²) in [6, 6.07) is 7.92. The summed E-state index contributed by atoms with van der Waals surface area (Å²) >= 11 is 0. The number of hydrogen-bond donors (Lipinski definition) is 1. The van der Waals surface area contributed by atoms with Gasteiger partial charge in [-0.2, -0.15) is 0 Å². The zero-order chi connectivity index (χ0) is 13.5. The Morgan fingerprint density at radius 3 is 2.44 bits per heavy atom. The van der Waals surface area contributed by atoms with E-state index >= 15 is 0 Å². The summed E-state index contributed by atoms with van der Waals surface area (Å²) in [5.74, 6) is 0.0404. The Balaban J connectivity index is 2.76. The zero-order valence-electron chi connectivity index (χ0n) is 11.3. The second-order valence-corrected chi connectivity index (χ2v) is 4.27. The molecule has 1 aromatic carbocycles. The normalized spacial score (nSPS) is 12.2.